The molecule has 2 atom stereocenters. The molecule has 2 aromatic carbocycles. The molecule has 0 bridgehead atoms. The van der Waals surface area contributed by atoms with Gasteiger partial charge in [-0.3, -0.25) is 19.7 Å². The van der Waals surface area contributed by atoms with Gasteiger partial charge in [-0.05, 0) is 62.1 Å². The van der Waals surface area contributed by atoms with Crippen LogP contribution >= 0.6 is 0 Å². The number of hydrogen-bond donors (Lipinski definition) is 1. The Kier molecular flexibility index (Phi) is 8.73. The first kappa shape index (κ1) is 26.8. The van der Waals surface area contributed by atoms with Crippen LogP contribution in [-0.4, -0.2) is 79.9 Å². The molecule has 0 saturated carbocycles. The van der Waals surface area contributed by atoms with E-state index in [1.54, 1.807) is 36.0 Å². The van der Waals surface area contributed by atoms with Crippen molar-refractivity contribution in [2.45, 2.75) is 37.8 Å². The van der Waals surface area contributed by atoms with Crippen LogP contribution in [0.25, 0.3) is 0 Å². The van der Waals surface area contributed by atoms with E-state index in [1.165, 1.54) is 12.1 Å². The molecule has 2 aliphatic heterocycles. The Morgan fingerprint density at radius 2 is 1.19 bits per heavy atom. The molecule has 2 saturated heterocycles. The van der Waals surface area contributed by atoms with Crippen LogP contribution in [0.5, 0.6) is 0 Å². The highest BCUT2D eigenvalue weighted by Gasteiger charge is 2.32. The van der Waals surface area contributed by atoms with Gasteiger partial charge in [0.15, 0.2) is 0 Å². The van der Waals surface area contributed by atoms with Crippen molar-refractivity contribution in [2.75, 3.05) is 56.8 Å². The molecule has 2 aliphatic rings. The number of nitro benzene ring substituents is 1. The molecule has 0 aliphatic carbocycles. The fourth-order valence-electron chi connectivity index (χ4n) is 4.69. The van der Waals surface area contributed by atoms with E-state index in [4.69, 9.17) is 5.73 Å². The first-order chi connectivity index (χ1) is 17.1. The van der Waals surface area contributed by atoms with E-state index < -0.39 is 4.92 Å². The van der Waals surface area contributed by atoms with Crippen LogP contribution in [0.3, 0.4) is 0 Å². The molecule has 0 radical (unpaired) electrons. The molecular weight excluding hydrogens is 460 g/mol. The lowest BCUT2D eigenvalue weighted by atomic mass is 10.2. The molecule has 36 heavy (non-hydrogen) atoms. The fraction of sp³-hybridized carbons (Fsp3) is 0.462. The quantitative estimate of drug-likeness (QED) is 0.384. The van der Waals surface area contributed by atoms with Crippen LogP contribution in [0, 0.1) is 10.1 Å². The molecule has 0 spiro atoms. The molecule has 10 heteroatoms. The van der Waals surface area contributed by atoms with E-state index in [0.29, 0.717) is 0 Å². The second-order valence-corrected chi connectivity index (χ2v) is 9.53. The van der Waals surface area contributed by atoms with Crippen LogP contribution in [0.1, 0.15) is 25.7 Å². The van der Waals surface area contributed by atoms with E-state index in [-0.39, 0.29) is 29.6 Å². The third-order valence-electron chi connectivity index (χ3n) is 6.57. The minimum Gasteiger partial charge on any atom is -0.399 e. The molecule has 194 valence electrons. The number of nitrogens with two attached hydrogens (primary N) is 1. The summed E-state index contributed by atoms with van der Waals surface area (Å²) in [5.74, 6) is 0.259. The Balaban J connectivity index is 0.000000202. The average Bonchev–Trinajstić information content (AvgIpc) is 3.54. The van der Waals surface area contributed by atoms with Crippen molar-refractivity contribution in [1.82, 2.24) is 9.80 Å². The van der Waals surface area contributed by atoms with Gasteiger partial charge in [0.2, 0.25) is 11.8 Å². The van der Waals surface area contributed by atoms with Gasteiger partial charge in [0.1, 0.15) is 12.1 Å². The zero-order chi connectivity index (χ0) is 26.4. The van der Waals surface area contributed by atoms with Crippen molar-refractivity contribution in [3.8, 4) is 0 Å². The Bertz CT molecular complexity index is 1060. The fourth-order valence-corrected chi connectivity index (χ4v) is 4.69. The maximum Gasteiger partial charge on any atom is 0.269 e. The molecular formula is C26H36N6O4. The lowest BCUT2D eigenvalue weighted by molar-refractivity contribution is -0.384. The normalized spacial score (nSPS) is 18.9. The molecule has 2 aromatic rings. The second-order valence-electron chi connectivity index (χ2n) is 9.53. The summed E-state index contributed by atoms with van der Waals surface area (Å²) >= 11 is 0. The zero-order valence-corrected chi connectivity index (χ0v) is 21.5. The van der Waals surface area contributed by atoms with Crippen LogP contribution in [0.2, 0.25) is 0 Å². The van der Waals surface area contributed by atoms with Crippen molar-refractivity contribution in [2.24, 2.45) is 0 Å². The highest BCUT2D eigenvalue weighted by molar-refractivity contribution is 5.86. The predicted octanol–water partition coefficient (Wildman–Crippen LogP) is 2.98. The number of amides is 2. The summed E-state index contributed by atoms with van der Waals surface area (Å²) in [4.78, 5) is 41.8. The van der Waals surface area contributed by atoms with Crippen molar-refractivity contribution in [3.05, 3.63) is 58.6 Å². The monoisotopic (exact) mass is 496 g/mol. The maximum atomic E-state index is 12.1. The van der Waals surface area contributed by atoms with E-state index >= 15 is 0 Å². The summed E-state index contributed by atoms with van der Waals surface area (Å²) in [7, 11) is 7.10. The number of carbonyl (C=O) groups is 2. The van der Waals surface area contributed by atoms with Crippen LogP contribution in [0.4, 0.5) is 22.7 Å². The van der Waals surface area contributed by atoms with Crippen LogP contribution in [0.15, 0.2) is 48.5 Å². The van der Waals surface area contributed by atoms with Gasteiger partial charge in [-0.15, -0.1) is 0 Å². The minimum atomic E-state index is -0.420. The molecule has 4 rings (SSSR count). The third kappa shape index (κ3) is 6.24. The highest BCUT2D eigenvalue weighted by atomic mass is 16.6. The van der Waals surface area contributed by atoms with Gasteiger partial charge in [0, 0.05) is 70.5 Å². The zero-order valence-electron chi connectivity index (χ0n) is 21.5. The first-order valence-electron chi connectivity index (χ1n) is 12.2. The largest absolute Gasteiger partial charge is 0.399 e. The summed E-state index contributed by atoms with van der Waals surface area (Å²) < 4.78 is 0. The average molecular weight is 497 g/mol. The number of nitrogen functional groups attached to an aromatic ring is 1. The van der Waals surface area contributed by atoms with Crippen LogP contribution in [-0.2, 0) is 9.59 Å². The van der Waals surface area contributed by atoms with Gasteiger partial charge in [0.05, 0.1) is 4.92 Å². The number of anilines is 3. The second kappa shape index (κ2) is 11.7. The molecule has 2 heterocycles. The van der Waals surface area contributed by atoms with Gasteiger partial charge in [-0.1, -0.05) is 0 Å². The number of nitrogens with zero attached hydrogens (tertiary/aromatic N) is 5. The lowest BCUT2D eigenvalue weighted by Gasteiger charge is -2.28. The van der Waals surface area contributed by atoms with E-state index in [2.05, 4.69) is 4.90 Å². The SMILES string of the molecule is CN(C)C(=O)[C@@H]1CCCN1c1ccc(N)cc1.CN(C)C(=O)[C@H]1CCCN1c1ccc([N+](=O)[O-])cc1. The van der Waals surface area contributed by atoms with Gasteiger partial charge < -0.3 is 25.3 Å². The molecule has 2 N–H and O–H groups in total. The Hall–Kier alpha value is -3.82. The Labute approximate surface area is 212 Å². The smallest absolute Gasteiger partial charge is 0.269 e. The maximum absolute atomic E-state index is 12.1. The highest BCUT2D eigenvalue weighted by Crippen LogP contribution is 2.28. The number of nitro groups is 1. The van der Waals surface area contributed by atoms with Gasteiger partial charge in [0.25, 0.3) is 5.69 Å². The standard InChI is InChI=1S/C13H17N3O3.C13H19N3O/c1-14(2)13(17)12-4-3-9-15(12)10-5-7-11(8-6-10)16(18)19;1-15(2)13(17)12-4-3-9-16(12)11-7-5-10(14)6-8-11/h5-8,12H,3-4,9H2,1-2H3;5-8,12H,3-4,9,14H2,1-2H3/t2*12-/m10/s1. The molecule has 10 nitrogen and oxygen atoms in total. The van der Waals surface area contributed by atoms with E-state index in [1.807, 2.05) is 43.3 Å². The summed E-state index contributed by atoms with van der Waals surface area (Å²) in [5.41, 5.74) is 8.44. The summed E-state index contributed by atoms with van der Waals surface area (Å²) in [6.45, 7) is 1.75. The Morgan fingerprint density at radius 1 is 0.806 bits per heavy atom. The summed E-state index contributed by atoms with van der Waals surface area (Å²) in [6.07, 6.45) is 3.78. The molecule has 0 aromatic heterocycles. The van der Waals surface area contributed by atoms with E-state index in [0.717, 1.165) is 55.8 Å². The summed E-state index contributed by atoms with van der Waals surface area (Å²) in [5, 5.41) is 10.6. The third-order valence-corrected chi connectivity index (χ3v) is 6.57. The molecule has 2 fully saturated rings. The molecule has 2 amide bonds. The number of likely N-dealkylation sites (N-methyl/N-ethyl adjacent to an activating group) is 2. The number of rotatable bonds is 5. The number of hydrogen-bond acceptors (Lipinski definition) is 7. The number of carbonyl (C=O) groups excluding carboxylic acids is 2. The van der Waals surface area contributed by atoms with Crippen molar-refractivity contribution < 1.29 is 14.5 Å². The first-order valence-corrected chi connectivity index (χ1v) is 12.2. The number of benzene rings is 2. The lowest BCUT2D eigenvalue weighted by Crippen LogP contribution is -2.42. The van der Waals surface area contributed by atoms with Crippen LogP contribution < -0.4 is 15.5 Å². The molecule has 0 unspecified atom stereocenters. The minimum absolute atomic E-state index is 0.0198. The van der Waals surface area contributed by atoms with E-state index in [9.17, 15) is 19.7 Å². The predicted molar refractivity (Wildman–Crippen MR) is 142 cm³/mol. The van der Waals surface area contributed by atoms with Crippen molar-refractivity contribution >= 4 is 34.6 Å². The van der Waals surface area contributed by atoms with Gasteiger partial charge in [-0.2, -0.15) is 0 Å². The number of non-ortho nitro benzene ring substituents is 1. The Morgan fingerprint density at radius 3 is 1.56 bits per heavy atom. The van der Waals surface area contributed by atoms with Gasteiger partial charge in [-0.25, -0.2) is 0 Å². The van der Waals surface area contributed by atoms with Crippen molar-refractivity contribution in [1.29, 1.82) is 0 Å². The van der Waals surface area contributed by atoms with Crippen molar-refractivity contribution in [3.63, 3.8) is 0 Å². The summed E-state index contributed by atoms with van der Waals surface area (Å²) in [6, 6.07) is 13.9. The van der Waals surface area contributed by atoms with Gasteiger partial charge >= 0.3 is 0 Å². The topological polar surface area (TPSA) is 116 Å².